The van der Waals surface area contributed by atoms with Crippen LogP contribution in [0.1, 0.15) is 44.2 Å². The molecule has 4 nitrogen and oxygen atoms in total. The molecule has 0 heterocycles. The zero-order chi connectivity index (χ0) is 15.9. The van der Waals surface area contributed by atoms with Crippen LogP contribution in [0.15, 0.2) is 24.3 Å². The third-order valence-corrected chi connectivity index (χ3v) is 4.50. The molecule has 22 heavy (non-hydrogen) atoms. The molecule has 0 aromatic heterocycles. The largest absolute Gasteiger partial charge is 0.480 e. The van der Waals surface area contributed by atoms with Gasteiger partial charge in [0.25, 0.3) is 0 Å². The van der Waals surface area contributed by atoms with Gasteiger partial charge >= 0.3 is 5.97 Å². The lowest BCUT2D eigenvalue weighted by atomic mass is 9.85. The number of hydrogen-bond donors (Lipinski definition) is 2. The number of nitrogens with zero attached hydrogens (tertiary/aromatic N) is 1. The molecule has 1 saturated carbocycles. The Bertz CT molecular complexity index is 484. The number of rotatable bonds is 9. The summed E-state index contributed by atoms with van der Waals surface area (Å²) in [4.78, 5) is 12.9. The van der Waals surface area contributed by atoms with Gasteiger partial charge in [0.15, 0.2) is 0 Å². The van der Waals surface area contributed by atoms with E-state index in [4.69, 9.17) is 5.11 Å². The van der Waals surface area contributed by atoms with Crippen LogP contribution in [-0.2, 0) is 17.8 Å². The molecule has 122 valence electrons. The van der Waals surface area contributed by atoms with Crippen molar-refractivity contribution in [3.63, 3.8) is 0 Å². The van der Waals surface area contributed by atoms with Crippen molar-refractivity contribution >= 4 is 5.97 Å². The molecule has 1 fully saturated rings. The van der Waals surface area contributed by atoms with Gasteiger partial charge in [0.2, 0.25) is 0 Å². The normalized spacial score (nSPS) is 20.9. The van der Waals surface area contributed by atoms with Crippen LogP contribution >= 0.6 is 0 Å². The van der Waals surface area contributed by atoms with E-state index in [0.29, 0.717) is 12.1 Å². The first-order valence-electron chi connectivity index (χ1n) is 8.39. The van der Waals surface area contributed by atoms with Crippen molar-refractivity contribution in [1.29, 1.82) is 0 Å². The van der Waals surface area contributed by atoms with Gasteiger partial charge in [-0.3, -0.25) is 9.69 Å². The topological polar surface area (TPSA) is 52.6 Å². The Labute approximate surface area is 133 Å². The molecular weight excluding hydrogens is 276 g/mol. The van der Waals surface area contributed by atoms with Crippen molar-refractivity contribution in [2.45, 2.75) is 58.2 Å². The number of benzene rings is 1. The number of carboxylic acids is 1. The quantitative estimate of drug-likeness (QED) is 0.736. The first kappa shape index (κ1) is 17.0. The summed E-state index contributed by atoms with van der Waals surface area (Å²) in [5.41, 5.74) is 2.75. The first-order chi connectivity index (χ1) is 10.6. The molecule has 1 aromatic rings. The van der Waals surface area contributed by atoms with E-state index >= 15 is 0 Å². The number of likely N-dealkylation sites (N-methyl/N-ethyl adjacent to an activating group) is 1. The maximum atomic E-state index is 10.8. The van der Waals surface area contributed by atoms with Gasteiger partial charge in [-0.1, -0.05) is 44.5 Å². The van der Waals surface area contributed by atoms with E-state index in [1.54, 1.807) is 0 Å². The van der Waals surface area contributed by atoms with Gasteiger partial charge in [-0.05, 0) is 36.9 Å². The minimum Gasteiger partial charge on any atom is -0.480 e. The molecule has 0 aliphatic heterocycles. The Morgan fingerprint density at radius 2 is 2.05 bits per heavy atom. The summed E-state index contributed by atoms with van der Waals surface area (Å²) in [7, 11) is 0. The average molecular weight is 304 g/mol. The highest BCUT2D eigenvalue weighted by atomic mass is 16.4. The van der Waals surface area contributed by atoms with Gasteiger partial charge in [0, 0.05) is 18.6 Å². The highest BCUT2D eigenvalue weighted by Gasteiger charge is 2.33. The number of carboxylic acid groups (broad SMARTS) is 1. The van der Waals surface area contributed by atoms with Crippen LogP contribution in [0.2, 0.25) is 0 Å². The summed E-state index contributed by atoms with van der Waals surface area (Å²) in [5.74, 6) is -0.731. The van der Waals surface area contributed by atoms with E-state index < -0.39 is 5.97 Å². The number of aryl methyl sites for hydroxylation is 1. The van der Waals surface area contributed by atoms with Gasteiger partial charge in [-0.25, -0.2) is 0 Å². The molecule has 4 heteroatoms. The number of hydrogen-bond acceptors (Lipinski definition) is 3. The molecule has 0 unspecified atom stereocenters. The molecular formula is C18H28N2O2. The predicted octanol–water partition coefficient (Wildman–Crippen LogP) is 2.67. The molecule has 1 aliphatic carbocycles. The molecule has 2 N–H and O–H groups in total. The van der Waals surface area contributed by atoms with Gasteiger partial charge in [-0.2, -0.15) is 0 Å². The molecule has 0 bridgehead atoms. The standard InChI is InChI=1S/C18H28N2O2/c1-3-6-14-7-5-8-15(9-14)12-19-16-10-17(11-16)20(4-2)13-18(21)22/h5,7-9,16-17,19H,3-4,6,10-13H2,1-2H3,(H,21,22). The zero-order valence-electron chi connectivity index (χ0n) is 13.7. The van der Waals surface area contributed by atoms with Crippen LogP contribution in [0.3, 0.4) is 0 Å². The summed E-state index contributed by atoms with van der Waals surface area (Å²) in [6, 6.07) is 9.72. The van der Waals surface area contributed by atoms with Crippen LogP contribution in [-0.4, -0.2) is 41.1 Å². The summed E-state index contributed by atoms with van der Waals surface area (Å²) in [6.07, 6.45) is 4.42. The Kier molecular flexibility index (Phi) is 6.40. The Balaban J connectivity index is 1.73. The summed E-state index contributed by atoms with van der Waals surface area (Å²) < 4.78 is 0. The lowest BCUT2D eigenvalue weighted by molar-refractivity contribution is -0.139. The fraction of sp³-hybridized carbons (Fsp3) is 0.611. The van der Waals surface area contributed by atoms with Crippen molar-refractivity contribution in [2.75, 3.05) is 13.1 Å². The molecule has 0 spiro atoms. The second-order valence-electron chi connectivity index (χ2n) is 6.23. The third-order valence-electron chi connectivity index (χ3n) is 4.50. The summed E-state index contributed by atoms with van der Waals surface area (Å²) in [6.45, 7) is 6.11. The smallest absolute Gasteiger partial charge is 0.317 e. The minimum absolute atomic E-state index is 0.160. The van der Waals surface area contributed by atoms with Crippen molar-refractivity contribution in [1.82, 2.24) is 10.2 Å². The van der Waals surface area contributed by atoms with Crippen LogP contribution < -0.4 is 5.32 Å². The van der Waals surface area contributed by atoms with Crippen molar-refractivity contribution in [3.8, 4) is 0 Å². The van der Waals surface area contributed by atoms with Crippen LogP contribution in [0.4, 0.5) is 0 Å². The van der Waals surface area contributed by atoms with Crippen molar-refractivity contribution in [2.24, 2.45) is 0 Å². The predicted molar refractivity (Wildman–Crippen MR) is 89.0 cm³/mol. The Morgan fingerprint density at radius 1 is 1.32 bits per heavy atom. The van der Waals surface area contributed by atoms with E-state index in [-0.39, 0.29) is 6.54 Å². The molecule has 0 atom stereocenters. The molecule has 2 rings (SSSR count). The third kappa shape index (κ3) is 4.82. The van der Waals surface area contributed by atoms with Crippen molar-refractivity contribution in [3.05, 3.63) is 35.4 Å². The van der Waals surface area contributed by atoms with E-state index in [0.717, 1.165) is 32.4 Å². The Hall–Kier alpha value is -1.39. The highest BCUT2D eigenvalue weighted by molar-refractivity contribution is 5.69. The SMILES string of the molecule is CCCc1cccc(CNC2CC(N(CC)CC(=O)O)C2)c1. The molecule has 0 amide bonds. The molecule has 1 aromatic carbocycles. The van der Waals surface area contributed by atoms with Crippen molar-refractivity contribution < 1.29 is 9.90 Å². The fourth-order valence-electron chi connectivity index (χ4n) is 3.17. The van der Waals surface area contributed by atoms with Crippen LogP contribution in [0.5, 0.6) is 0 Å². The number of carbonyl (C=O) groups is 1. The fourth-order valence-corrected chi connectivity index (χ4v) is 3.17. The maximum Gasteiger partial charge on any atom is 0.317 e. The van der Waals surface area contributed by atoms with Gasteiger partial charge in [0.05, 0.1) is 6.54 Å². The minimum atomic E-state index is -0.731. The maximum absolute atomic E-state index is 10.8. The number of aliphatic carboxylic acids is 1. The average Bonchev–Trinajstić information content (AvgIpc) is 2.44. The zero-order valence-corrected chi connectivity index (χ0v) is 13.7. The second kappa shape index (κ2) is 8.30. The van der Waals surface area contributed by atoms with E-state index in [2.05, 4.69) is 41.4 Å². The second-order valence-corrected chi connectivity index (χ2v) is 6.23. The summed E-state index contributed by atoms with van der Waals surface area (Å²) in [5, 5.41) is 12.5. The van der Waals surface area contributed by atoms with E-state index in [9.17, 15) is 4.79 Å². The molecule has 1 aliphatic rings. The van der Waals surface area contributed by atoms with Gasteiger partial charge in [0.1, 0.15) is 0 Å². The van der Waals surface area contributed by atoms with Gasteiger partial charge < -0.3 is 10.4 Å². The van der Waals surface area contributed by atoms with E-state index in [1.807, 2.05) is 6.92 Å². The number of nitrogens with one attached hydrogen (secondary N) is 1. The van der Waals surface area contributed by atoms with E-state index in [1.165, 1.54) is 17.5 Å². The van der Waals surface area contributed by atoms with Gasteiger partial charge in [-0.15, -0.1) is 0 Å². The summed E-state index contributed by atoms with van der Waals surface area (Å²) >= 11 is 0. The highest BCUT2D eigenvalue weighted by Crippen LogP contribution is 2.25. The lowest BCUT2D eigenvalue weighted by Gasteiger charge is -2.42. The molecule has 0 radical (unpaired) electrons. The van der Waals surface area contributed by atoms with Crippen LogP contribution in [0.25, 0.3) is 0 Å². The monoisotopic (exact) mass is 304 g/mol. The Morgan fingerprint density at radius 3 is 2.68 bits per heavy atom. The first-order valence-corrected chi connectivity index (χ1v) is 8.39. The van der Waals surface area contributed by atoms with Crippen LogP contribution in [0, 0.1) is 0 Å². The molecule has 0 saturated heterocycles. The lowest BCUT2D eigenvalue weighted by Crippen LogP contribution is -2.53.